The Morgan fingerprint density at radius 3 is 2.55 bits per heavy atom. The van der Waals surface area contributed by atoms with Gasteiger partial charge in [0.2, 0.25) is 10.0 Å². The largest absolute Gasteiger partial charge is 0.297 e. The van der Waals surface area contributed by atoms with E-state index in [0.29, 0.717) is 18.7 Å². The Bertz CT molecular complexity index is 631. The lowest BCUT2D eigenvalue weighted by Crippen LogP contribution is -2.44. The first-order chi connectivity index (χ1) is 10.5. The summed E-state index contributed by atoms with van der Waals surface area (Å²) in [7, 11) is -1.85. The van der Waals surface area contributed by atoms with Gasteiger partial charge in [-0.15, -0.1) is 0 Å². The highest BCUT2D eigenvalue weighted by Gasteiger charge is 2.46. The van der Waals surface area contributed by atoms with Gasteiger partial charge in [-0.3, -0.25) is 4.84 Å². The zero-order valence-electron chi connectivity index (χ0n) is 12.6. The molecule has 5 nitrogen and oxygen atoms in total. The van der Waals surface area contributed by atoms with E-state index in [0.717, 1.165) is 19.3 Å². The lowest BCUT2D eigenvalue weighted by Gasteiger charge is -2.31. The molecule has 3 rings (SSSR count). The van der Waals surface area contributed by atoms with Gasteiger partial charge in [-0.2, -0.15) is 5.06 Å². The Labute approximate surface area is 130 Å². The number of halogens is 1. The van der Waals surface area contributed by atoms with Gasteiger partial charge in [0.15, 0.2) is 0 Å². The lowest BCUT2D eigenvalue weighted by molar-refractivity contribution is -0.111. The Hall–Kier alpha value is -1.02. The molecule has 0 N–H and O–H groups in total. The van der Waals surface area contributed by atoms with Gasteiger partial charge in [0, 0.05) is 25.7 Å². The predicted octanol–water partition coefficient (Wildman–Crippen LogP) is 1.93. The van der Waals surface area contributed by atoms with Gasteiger partial charge in [0.25, 0.3) is 0 Å². The van der Waals surface area contributed by atoms with Crippen molar-refractivity contribution in [2.24, 2.45) is 0 Å². The fourth-order valence-corrected chi connectivity index (χ4v) is 5.29. The van der Waals surface area contributed by atoms with E-state index in [1.165, 1.54) is 15.4 Å². The molecule has 0 aliphatic carbocycles. The minimum atomic E-state index is -3.51. The summed E-state index contributed by atoms with van der Waals surface area (Å²) in [5.41, 5.74) is 0.369. The minimum absolute atomic E-state index is 0.0638. The maximum atomic E-state index is 14.1. The number of sulfonamides is 1. The van der Waals surface area contributed by atoms with Crippen molar-refractivity contribution < 1.29 is 17.6 Å². The van der Waals surface area contributed by atoms with Crippen LogP contribution >= 0.6 is 0 Å². The van der Waals surface area contributed by atoms with Crippen molar-refractivity contribution in [3.05, 3.63) is 35.6 Å². The van der Waals surface area contributed by atoms with Crippen LogP contribution in [0.1, 0.15) is 30.9 Å². The molecule has 0 spiro atoms. The first-order valence-electron chi connectivity index (χ1n) is 7.61. The van der Waals surface area contributed by atoms with Crippen molar-refractivity contribution in [3.63, 3.8) is 0 Å². The number of hydroxylamine groups is 2. The van der Waals surface area contributed by atoms with Crippen LogP contribution in [0.3, 0.4) is 0 Å². The fourth-order valence-electron chi connectivity index (χ4n) is 3.27. The lowest BCUT2D eigenvalue weighted by atomic mass is 10.0. The average Bonchev–Trinajstić information content (AvgIpc) is 2.91. The second kappa shape index (κ2) is 6.23. The molecule has 0 saturated carbocycles. The standard InChI is InChI=1S/C15H21FN2O3S/c1-17-15(12-7-3-4-8-13(12)16)14(11-21-17)22(19,20)18-9-5-2-6-10-18/h3-4,7-8,14-15H,2,5-6,9-11H2,1H3/t14-,15-/m1/s1. The maximum absolute atomic E-state index is 14.1. The number of rotatable bonds is 3. The van der Waals surface area contributed by atoms with E-state index in [2.05, 4.69) is 0 Å². The summed E-state index contributed by atoms with van der Waals surface area (Å²) in [6.45, 7) is 1.16. The van der Waals surface area contributed by atoms with Crippen LogP contribution in [0.15, 0.2) is 24.3 Å². The van der Waals surface area contributed by atoms with Crippen molar-refractivity contribution in [1.29, 1.82) is 0 Å². The van der Waals surface area contributed by atoms with Crippen LogP contribution in [-0.4, -0.2) is 49.8 Å². The van der Waals surface area contributed by atoms with Crippen LogP contribution < -0.4 is 0 Å². The molecule has 122 valence electrons. The predicted molar refractivity (Wildman–Crippen MR) is 81.0 cm³/mol. The van der Waals surface area contributed by atoms with E-state index in [4.69, 9.17) is 4.84 Å². The summed E-state index contributed by atoms with van der Waals surface area (Å²) < 4.78 is 41.5. The van der Waals surface area contributed by atoms with E-state index in [1.807, 2.05) is 0 Å². The highest BCUT2D eigenvalue weighted by Crippen LogP contribution is 2.36. The van der Waals surface area contributed by atoms with E-state index in [1.54, 1.807) is 25.2 Å². The Morgan fingerprint density at radius 1 is 1.18 bits per heavy atom. The molecule has 2 saturated heterocycles. The summed E-state index contributed by atoms with van der Waals surface area (Å²) in [5.74, 6) is -0.399. The van der Waals surface area contributed by atoms with Crippen molar-refractivity contribution in [3.8, 4) is 0 Å². The second-order valence-corrected chi connectivity index (χ2v) is 8.00. The van der Waals surface area contributed by atoms with Crippen LogP contribution in [0.5, 0.6) is 0 Å². The molecule has 2 aliphatic rings. The molecule has 2 fully saturated rings. The summed E-state index contributed by atoms with van der Waals surface area (Å²) in [6.07, 6.45) is 2.82. The Balaban J connectivity index is 1.93. The molecule has 0 aromatic heterocycles. The Kier molecular flexibility index (Phi) is 4.49. The third kappa shape index (κ3) is 2.78. The SMILES string of the molecule is CN1OC[C@@H](S(=O)(=O)N2CCCCC2)[C@H]1c1ccccc1F. The topological polar surface area (TPSA) is 49.9 Å². The Morgan fingerprint density at radius 2 is 1.86 bits per heavy atom. The van der Waals surface area contributed by atoms with Crippen LogP contribution in [0.25, 0.3) is 0 Å². The van der Waals surface area contributed by atoms with Gasteiger partial charge in [0.1, 0.15) is 11.1 Å². The van der Waals surface area contributed by atoms with E-state index in [-0.39, 0.29) is 6.61 Å². The molecule has 0 bridgehead atoms. The van der Waals surface area contributed by atoms with Gasteiger partial charge in [-0.05, 0) is 18.9 Å². The molecule has 2 atom stereocenters. The monoisotopic (exact) mass is 328 g/mol. The second-order valence-electron chi connectivity index (χ2n) is 5.85. The highest BCUT2D eigenvalue weighted by atomic mass is 32.2. The van der Waals surface area contributed by atoms with Crippen LogP contribution in [0, 0.1) is 5.82 Å². The van der Waals surface area contributed by atoms with Crippen molar-refractivity contribution in [2.75, 3.05) is 26.7 Å². The molecule has 2 heterocycles. The minimum Gasteiger partial charge on any atom is -0.297 e. The van der Waals surface area contributed by atoms with Crippen LogP contribution in [0.4, 0.5) is 4.39 Å². The average molecular weight is 328 g/mol. The number of hydrogen-bond acceptors (Lipinski definition) is 4. The number of nitrogens with zero attached hydrogens (tertiary/aromatic N) is 2. The zero-order valence-corrected chi connectivity index (χ0v) is 13.4. The van der Waals surface area contributed by atoms with Gasteiger partial charge in [-0.25, -0.2) is 17.1 Å². The first kappa shape index (κ1) is 15.9. The molecular formula is C15H21FN2O3S. The molecule has 0 unspecified atom stereocenters. The van der Waals surface area contributed by atoms with Crippen LogP contribution in [-0.2, 0) is 14.9 Å². The smallest absolute Gasteiger partial charge is 0.221 e. The van der Waals surface area contributed by atoms with Gasteiger partial charge in [-0.1, -0.05) is 24.6 Å². The van der Waals surface area contributed by atoms with Gasteiger partial charge >= 0.3 is 0 Å². The molecule has 0 radical (unpaired) electrons. The normalized spacial score (nSPS) is 28.1. The number of hydrogen-bond donors (Lipinski definition) is 0. The van der Waals surface area contributed by atoms with Crippen LogP contribution in [0.2, 0.25) is 0 Å². The van der Waals surface area contributed by atoms with E-state index < -0.39 is 27.1 Å². The molecule has 7 heteroatoms. The quantitative estimate of drug-likeness (QED) is 0.851. The van der Waals surface area contributed by atoms with Gasteiger partial charge < -0.3 is 0 Å². The van der Waals surface area contributed by atoms with E-state index in [9.17, 15) is 12.8 Å². The maximum Gasteiger partial charge on any atom is 0.221 e. The summed E-state index contributed by atoms with van der Waals surface area (Å²) in [5, 5.41) is 0.692. The molecule has 0 amide bonds. The third-order valence-corrected chi connectivity index (χ3v) is 6.71. The molecule has 1 aromatic rings. The zero-order chi connectivity index (χ0) is 15.7. The summed E-state index contributed by atoms with van der Waals surface area (Å²) in [6, 6.07) is 5.68. The summed E-state index contributed by atoms with van der Waals surface area (Å²) >= 11 is 0. The number of piperidine rings is 1. The van der Waals surface area contributed by atoms with Gasteiger partial charge in [0.05, 0.1) is 12.6 Å². The molecule has 1 aromatic carbocycles. The van der Waals surface area contributed by atoms with E-state index >= 15 is 0 Å². The highest BCUT2D eigenvalue weighted by molar-refractivity contribution is 7.89. The first-order valence-corrected chi connectivity index (χ1v) is 9.11. The number of benzene rings is 1. The molecular weight excluding hydrogens is 307 g/mol. The fraction of sp³-hybridized carbons (Fsp3) is 0.600. The summed E-state index contributed by atoms with van der Waals surface area (Å²) in [4.78, 5) is 5.43. The third-order valence-electron chi connectivity index (χ3n) is 4.47. The molecule has 22 heavy (non-hydrogen) atoms. The van der Waals surface area contributed by atoms with Crippen molar-refractivity contribution in [1.82, 2.24) is 9.37 Å². The van der Waals surface area contributed by atoms with Crippen molar-refractivity contribution in [2.45, 2.75) is 30.6 Å². The van der Waals surface area contributed by atoms with Crippen molar-refractivity contribution >= 4 is 10.0 Å². The molecule has 2 aliphatic heterocycles.